The molecular weight excluding hydrogens is 378 g/mol. The predicted molar refractivity (Wildman–Crippen MR) is 110 cm³/mol. The molecule has 0 amide bonds. The highest BCUT2D eigenvalue weighted by Crippen LogP contribution is 2.28. The van der Waals surface area contributed by atoms with Gasteiger partial charge in [-0.15, -0.1) is 0 Å². The number of hydrogen-bond acceptors (Lipinski definition) is 4. The third-order valence-electron chi connectivity index (χ3n) is 4.21. The Labute approximate surface area is 159 Å². The fourth-order valence-electron chi connectivity index (χ4n) is 2.52. The molecule has 0 atom stereocenters. The standard InChI is InChI=1S/C20H28BrN3O/c1-16-18(21)9-10-19(20(16)22)23-11-6-12-24(2)13-14-25-15-17-7-4-3-5-8-17/h3-5,7-10,23H,6,11-15,22H2,1-2H3. The number of nitrogens with one attached hydrogen (secondary N) is 1. The van der Waals surface area contributed by atoms with Gasteiger partial charge in [-0.2, -0.15) is 0 Å². The molecule has 0 radical (unpaired) electrons. The number of rotatable bonds is 10. The van der Waals surface area contributed by atoms with E-state index in [1.807, 2.05) is 37.3 Å². The van der Waals surface area contributed by atoms with E-state index in [0.29, 0.717) is 6.61 Å². The van der Waals surface area contributed by atoms with Crippen LogP contribution in [0.2, 0.25) is 0 Å². The van der Waals surface area contributed by atoms with E-state index in [1.54, 1.807) is 0 Å². The minimum Gasteiger partial charge on any atom is -0.397 e. The summed E-state index contributed by atoms with van der Waals surface area (Å²) in [5, 5.41) is 3.42. The molecule has 0 aliphatic carbocycles. The zero-order valence-corrected chi connectivity index (χ0v) is 16.7. The molecule has 0 saturated carbocycles. The first-order valence-corrected chi connectivity index (χ1v) is 9.46. The molecule has 0 aliphatic heterocycles. The molecule has 5 heteroatoms. The van der Waals surface area contributed by atoms with Crippen LogP contribution >= 0.6 is 15.9 Å². The van der Waals surface area contributed by atoms with Crippen molar-refractivity contribution in [3.63, 3.8) is 0 Å². The maximum atomic E-state index is 6.14. The lowest BCUT2D eigenvalue weighted by Crippen LogP contribution is -2.25. The van der Waals surface area contributed by atoms with Crippen LogP contribution in [0.25, 0.3) is 0 Å². The van der Waals surface area contributed by atoms with Crippen LogP contribution in [0.1, 0.15) is 17.5 Å². The second-order valence-corrected chi connectivity index (χ2v) is 7.11. The van der Waals surface area contributed by atoms with Crippen LogP contribution in [0.3, 0.4) is 0 Å². The van der Waals surface area contributed by atoms with Crippen molar-refractivity contribution in [2.45, 2.75) is 20.0 Å². The lowest BCUT2D eigenvalue weighted by atomic mass is 10.1. The minimum absolute atomic E-state index is 0.679. The van der Waals surface area contributed by atoms with E-state index in [2.05, 4.69) is 45.3 Å². The normalized spacial score (nSPS) is 11.0. The van der Waals surface area contributed by atoms with Gasteiger partial charge in [-0.3, -0.25) is 0 Å². The molecule has 3 N–H and O–H groups in total. The number of nitrogen functional groups attached to an aromatic ring is 1. The summed E-state index contributed by atoms with van der Waals surface area (Å²) in [4.78, 5) is 2.29. The van der Waals surface area contributed by atoms with Crippen LogP contribution in [0, 0.1) is 6.92 Å². The van der Waals surface area contributed by atoms with E-state index in [-0.39, 0.29) is 0 Å². The summed E-state index contributed by atoms with van der Waals surface area (Å²) >= 11 is 3.50. The molecule has 0 fully saturated rings. The topological polar surface area (TPSA) is 50.5 Å². The molecule has 0 aromatic heterocycles. The van der Waals surface area contributed by atoms with E-state index in [1.165, 1.54) is 5.56 Å². The Morgan fingerprint density at radius 1 is 1.12 bits per heavy atom. The number of nitrogens with zero attached hydrogens (tertiary/aromatic N) is 1. The summed E-state index contributed by atoms with van der Waals surface area (Å²) in [6, 6.07) is 14.3. The Balaban J connectivity index is 1.58. The largest absolute Gasteiger partial charge is 0.397 e. The van der Waals surface area contributed by atoms with Gasteiger partial charge in [-0.1, -0.05) is 46.3 Å². The van der Waals surface area contributed by atoms with Crippen molar-refractivity contribution in [2.75, 3.05) is 44.3 Å². The Bertz CT molecular complexity index is 649. The highest BCUT2D eigenvalue weighted by atomic mass is 79.9. The van der Waals surface area contributed by atoms with Crippen molar-refractivity contribution in [1.82, 2.24) is 4.90 Å². The van der Waals surface area contributed by atoms with Gasteiger partial charge in [-0.25, -0.2) is 0 Å². The molecule has 136 valence electrons. The number of anilines is 2. The van der Waals surface area contributed by atoms with Crippen LogP contribution in [-0.4, -0.2) is 38.2 Å². The summed E-state index contributed by atoms with van der Waals surface area (Å²) in [5.41, 5.74) is 10.3. The average Bonchev–Trinajstić information content (AvgIpc) is 2.63. The van der Waals surface area contributed by atoms with Crippen molar-refractivity contribution in [3.05, 3.63) is 58.1 Å². The third-order valence-corrected chi connectivity index (χ3v) is 5.07. The van der Waals surface area contributed by atoms with Gasteiger partial charge in [0, 0.05) is 17.6 Å². The van der Waals surface area contributed by atoms with Crippen LogP contribution in [0.15, 0.2) is 46.9 Å². The van der Waals surface area contributed by atoms with E-state index >= 15 is 0 Å². The first-order chi connectivity index (χ1) is 12.1. The fraction of sp³-hybridized carbons (Fsp3) is 0.400. The van der Waals surface area contributed by atoms with Crippen molar-refractivity contribution in [3.8, 4) is 0 Å². The maximum absolute atomic E-state index is 6.14. The van der Waals surface area contributed by atoms with Gasteiger partial charge in [0.05, 0.1) is 24.6 Å². The first kappa shape index (κ1) is 19.8. The van der Waals surface area contributed by atoms with Crippen molar-refractivity contribution < 1.29 is 4.74 Å². The molecule has 2 rings (SSSR count). The summed E-state index contributed by atoms with van der Waals surface area (Å²) in [6.45, 7) is 6.31. The quantitative estimate of drug-likeness (QED) is 0.457. The third kappa shape index (κ3) is 6.69. The van der Waals surface area contributed by atoms with E-state index in [9.17, 15) is 0 Å². The van der Waals surface area contributed by atoms with Gasteiger partial charge in [0.15, 0.2) is 0 Å². The molecule has 0 spiro atoms. The van der Waals surface area contributed by atoms with E-state index in [0.717, 1.165) is 54.1 Å². The number of benzene rings is 2. The number of nitrogens with two attached hydrogens (primary N) is 1. The lowest BCUT2D eigenvalue weighted by Gasteiger charge is -2.17. The van der Waals surface area contributed by atoms with E-state index < -0.39 is 0 Å². The van der Waals surface area contributed by atoms with Gasteiger partial charge in [0.2, 0.25) is 0 Å². The molecule has 0 saturated heterocycles. The number of halogens is 1. The van der Waals surface area contributed by atoms with Gasteiger partial charge < -0.3 is 20.7 Å². The second kappa shape index (κ2) is 10.4. The molecule has 25 heavy (non-hydrogen) atoms. The highest BCUT2D eigenvalue weighted by molar-refractivity contribution is 9.10. The van der Waals surface area contributed by atoms with Crippen LogP contribution in [-0.2, 0) is 11.3 Å². The Kier molecular flexibility index (Phi) is 8.25. The summed E-state index contributed by atoms with van der Waals surface area (Å²) < 4.78 is 6.77. The molecule has 2 aromatic carbocycles. The fourth-order valence-corrected chi connectivity index (χ4v) is 2.87. The van der Waals surface area contributed by atoms with Crippen molar-refractivity contribution in [1.29, 1.82) is 0 Å². The van der Waals surface area contributed by atoms with Crippen LogP contribution < -0.4 is 11.1 Å². The molecule has 2 aromatic rings. The summed E-state index contributed by atoms with van der Waals surface area (Å²) in [5.74, 6) is 0. The second-order valence-electron chi connectivity index (χ2n) is 6.26. The van der Waals surface area contributed by atoms with Crippen LogP contribution in [0.5, 0.6) is 0 Å². The molecule has 0 unspecified atom stereocenters. The monoisotopic (exact) mass is 405 g/mol. The van der Waals surface area contributed by atoms with Crippen LogP contribution in [0.4, 0.5) is 11.4 Å². The zero-order valence-electron chi connectivity index (χ0n) is 15.1. The summed E-state index contributed by atoms with van der Waals surface area (Å²) in [6.07, 6.45) is 1.06. The molecule has 0 aliphatic rings. The SMILES string of the molecule is Cc1c(Br)ccc(NCCCN(C)CCOCc2ccccc2)c1N. The molecule has 4 nitrogen and oxygen atoms in total. The van der Waals surface area contributed by atoms with Gasteiger partial charge in [-0.05, 0) is 50.2 Å². The van der Waals surface area contributed by atoms with Crippen molar-refractivity contribution >= 4 is 27.3 Å². The Morgan fingerprint density at radius 3 is 2.64 bits per heavy atom. The van der Waals surface area contributed by atoms with Gasteiger partial charge in [0.25, 0.3) is 0 Å². The minimum atomic E-state index is 0.679. The highest BCUT2D eigenvalue weighted by Gasteiger charge is 2.05. The Morgan fingerprint density at radius 2 is 1.88 bits per heavy atom. The number of likely N-dealkylation sites (N-methyl/N-ethyl adjacent to an activating group) is 1. The lowest BCUT2D eigenvalue weighted by molar-refractivity contribution is 0.0996. The van der Waals surface area contributed by atoms with Gasteiger partial charge >= 0.3 is 0 Å². The average molecular weight is 406 g/mol. The molecule has 0 heterocycles. The Hall–Kier alpha value is -1.56. The zero-order chi connectivity index (χ0) is 18.1. The van der Waals surface area contributed by atoms with Gasteiger partial charge in [0.1, 0.15) is 0 Å². The van der Waals surface area contributed by atoms with E-state index in [4.69, 9.17) is 10.5 Å². The van der Waals surface area contributed by atoms with Crippen molar-refractivity contribution in [2.24, 2.45) is 0 Å². The number of ether oxygens (including phenoxy) is 1. The smallest absolute Gasteiger partial charge is 0.0717 e. The summed E-state index contributed by atoms with van der Waals surface area (Å²) in [7, 11) is 2.13. The predicted octanol–water partition coefficient (Wildman–Crippen LogP) is 4.29. The maximum Gasteiger partial charge on any atom is 0.0717 e. The first-order valence-electron chi connectivity index (χ1n) is 8.66. The molecular formula is C20H28BrN3O. The number of hydrogen-bond donors (Lipinski definition) is 2. The molecule has 0 bridgehead atoms.